The summed E-state index contributed by atoms with van der Waals surface area (Å²) in [4.78, 5) is 1.40. The topological polar surface area (TPSA) is 21.3 Å². The molecule has 1 unspecified atom stereocenters. The zero-order valence-corrected chi connectivity index (χ0v) is 12.3. The Morgan fingerprint density at radius 3 is 2.84 bits per heavy atom. The van der Waals surface area contributed by atoms with Gasteiger partial charge in [-0.1, -0.05) is 17.7 Å². The van der Waals surface area contributed by atoms with Crippen molar-refractivity contribution in [3.8, 4) is 5.75 Å². The van der Waals surface area contributed by atoms with Gasteiger partial charge < -0.3 is 10.1 Å². The van der Waals surface area contributed by atoms with E-state index in [1.807, 2.05) is 29.5 Å². The molecule has 2 nitrogen and oxygen atoms in total. The average Bonchev–Trinajstić information content (AvgIpc) is 3.12. The highest BCUT2D eigenvalue weighted by Gasteiger charge is 2.32. The quantitative estimate of drug-likeness (QED) is 0.840. The molecular weight excluding hydrogens is 278 g/mol. The smallest absolute Gasteiger partial charge is 0.139 e. The lowest BCUT2D eigenvalue weighted by molar-refractivity contribution is 0.415. The summed E-state index contributed by atoms with van der Waals surface area (Å²) in [6.45, 7) is 0. The number of rotatable bonds is 5. The van der Waals surface area contributed by atoms with Crippen LogP contribution in [-0.4, -0.2) is 7.11 Å². The van der Waals surface area contributed by atoms with E-state index in [4.69, 9.17) is 16.3 Å². The molecule has 0 bridgehead atoms. The number of halogens is 1. The lowest BCUT2D eigenvalue weighted by Crippen LogP contribution is -2.11. The summed E-state index contributed by atoms with van der Waals surface area (Å²) in [5.74, 6) is 1.47. The second-order valence-electron chi connectivity index (χ2n) is 4.82. The Morgan fingerprint density at radius 1 is 1.37 bits per heavy atom. The summed E-state index contributed by atoms with van der Waals surface area (Å²) in [5.41, 5.74) is 1.06. The Labute approximate surface area is 122 Å². The first kappa shape index (κ1) is 12.8. The maximum atomic E-state index is 6.06. The number of anilines is 1. The number of methoxy groups -OCH3 is 1. The second-order valence-corrected chi connectivity index (χ2v) is 6.21. The molecule has 0 aliphatic heterocycles. The Hall–Kier alpha value is -1.19. The summed E-state index contributed by atoms with van der Waals surface area (Å²) in [7, 11) is 1.64. The third-order valence-corrected chi connectivity index (χ3v) is 4.68. The molecule has 1 N–H and O–H groups in total. The van der Waals surface area contributed by atoms with Crippen LogP contribution in [0.5, 0.6) is 5.75 Å². The van der Waals surface area contributed by atoms with Crippen LogP contribution in [0.15, 0.2) is 35.7 Å². The molecule has 1 heterocycles. The molecule has 1 fully saturated rings. The molecule has 100 valence electrons. The summed E-state index contributed by atoms with van der Waals surface area (Å²) in [5, 5.41) is 6.40. The van der Waals surface area contributed by atoms with Crippen molar-refractivity contribution in [3.63, 3.8) is 0 Å². The van der Waals surface area contributed by atoms with Gasteiger partial charge >= 0.3 is 0 Å². The Kier molecular flexibility index (Phi) is 3.67. The van der Waals surface area contributed by atoms with Crippen molar-refractivity contribution < 1.29 is 4.74 Å². The summed E-state index contributed by atoms with van der Waals surface area (Å²) in [6, 6.07) is 10.6. The zero-order chi connectivity index (χ0) is 13.2. The van der Waals surface area contributed by atoms with Crippen LogP contribution in [0.1, 0.15) is 23.8 Å². The molecule has 3 rings (SSSR count). The second kappa shape index (κ2) is 5.43. The number of benzene rings is 1. The predicted octanol–water partition coefficient (Wildman–Crippen LogP) is 4.97. The first-order valence-electron chi connectivity index (χ1n) is 6.41. The van der Waals surface area contributed by atoms with E-state index in [1.165, 1.54) is 17.7 Å². The molecule has 1 atom stereocenters. The molecule has 0 amide bonds. The number of nitrogens with one attached hydrogen (secondary N) is 1. The third-order valence-electron chi connectivity index (χ3n) is 3.42. The molecule has 0 spiro atoms. The van der Waals surface area contributed by atoms with Crippen molar-refractivity contribution in [1.29, 1.82) is 0 Å². The summed E-state index contributed by atoms with van der Waals surface area (Å²) < 4.78 is 5.26. The van der Waals surface area contributed by atoms with E-state index in [-0.39, 0.29) is 0 Å². The van der Waals surface area contributed by atoms with Crippen LogP contribution in [0, 0.1) is 5.92 Å². The van der Waals surface area contributed by atoms with E-state index in [0.29, 0.717) is 16.8 Å². The number of thiophene rings is 1. The van der Waals surface area contributed by atoms with Gasteiger partial charge in [-0.15, -0.1) is 11.3 Å². The fraction of sp³-hybridized carbons (Fsp3) is 0.333. The molecule has 4 heteroatoms. The van der Waals surface area contributed by atoms with Crippen LogP contribution in [0.4, 0.5) is 5.69 Å². The van der Waals surface area contributed by atoms with E-state index < -0.39 is 0 Å². The van der Waals surface area contributed by atoms with E-state index in [9.17, 15) is 0 Å². The highest BCUT2D eigenvalue weighted by molar-refractivity contribution is 7.10. The van der Waals surface area contributed by atoms with Gasteiger partial charge in [-0.3, -0.25) is 0 Å². The normalized spacial score (nSPS) is 16.1. The number of hydrogen-bond donors (Lipinski definition) is 1. The maximum absolute atomic E-state index is 6.06. The van der Waals surface area contributed by atoms with Crippen molar-refractivity contribution in [3.05, 3.63) is 45.6 Å². The first-order chi connectivity index (χ1) is 9.28. The largest absolute Gasteiger partial charge is 0.495 e. The first-order valence-corrected chi connectivity index (χ1v) is 7.67. The van der Waals surface area contributed by atoms with Crippen LogP contribution in [0.2, 0.25) is 5.02 Å². The average molecular weight is 294 g/mol. The minimum atomic E-state index is 0.408. The fourth-order valence-electron chi connectivity index (χ4n) is 2.25. The molecule has 19 heavy (non-hydrogen) atoms. The molecule has 1 aromatic heterocycles. The van der Waals surface area contributed by atoms with Crippen LogP contribution >= 0.6 is 22.9 Å². The van der Waals surface area contributed by atoms with Crippen LogP contribution in [0.25, 0.3) is 0 Å². The molecule has 1 saturated carbocycles. The lowest BCUT2D eigenvalue weighted by atomic mass is 10.1. The van der Waals surface area contributed by atoms with Crippen LogP contribution in [0.3, 0.4) is 0 Å². The van der Waals surface area contributed by atoms with E-state index in [0.717, 1.165) is 11.6 Å². The van der Waals surface area contributed by atoms with Crippen molar-refractivity contribution in [2.45, 2.75) is 18.9 Å². The molecule has 2 aromatic rings. The van der Waals surface area contributed by atoms with Crippen LogP contribution in [-0.2, 0) is 0 Å². The fourth-order valence-corrected chi connectivity index (χ4v) is 3.31. The van der Waals surface area contributed by atoms with E-state index in [1.54, 1.807) is 7.11 Å². The number of ether oxygens (including phenoxy) is 1. The van der Waals surface area contributed by atoms with Gasteiger partial charge in [0, 0.05) is 16.6 Å². The van der Waals surface area contributed by atoms with Gasteiger partial charge in [-0.2, -0.15) is 0 Å². The minimum Gasteiger partial charge on any atom is -0.495 e. The molecule has 1 aliphatic rings. The molecular formula is C15H16ClNOS. The SMILES string of the molecule is COc1cc(NC(c2cccs2)C2CC2)ccc1Cl. The van der Waals surface area contributed by atoms with Crippen molar-refractivity contribution in [2.75, 3.05) is 12.4 Å². The zero-order valence-electron chi connectivity index (χ0n) is 10.7. The maximum Gasteiger partial charge on any atom is 0.139 e. The number of hydrogen-bond acceptors (Lipinski definition) is 3. The van der Waals surface area contributed by atoms with Gasteiger partial charge in [-0.25, -0.2) is 0 Å². The summed E-state index contributed by atoms with van der Waals surface area (Å²) in [6.07, 6.45) is 2.61. The monoisotopic (exact) mass is 293 g/mol. The van der Waals surface area contributed by atoms with Gasteiger partial charge in [-0.05, 0) is 42.3 Å². The van der Waals surface area contributed by atoms with Gasteiger partial charge in [0.05, 0.1) is 18.2 Å². The van der Waals surface area contributed by atoms with Gasteiger partial charge in [0.1, 0.15) is 5.75 Å². The van der Waals surface area contributed by atoms with Crippen molar-refractivity contribution in [2.24, 2.45) is 5.92 Å². The highest BCUT2D eigenvalue weighted by atomic mass is 35.5. The molecule has 0 saturated heterocycles. The minimum absolute atomic E-state index is 0.408. The van der Waals surface area contributed by atoms with Crippen LogP contribution < -0.4 is 10.1 Å². The van der Waals surface area contributed by atoms with Gasteiger partial charge in [0.25, 0.3) is 0 Å². The standard InChI is InChI=1S/C15H16ClNOS/c1-18-13-9-11(6-7-12(13)16)17-15(10-4-5-10)14-3-2-8-19-14/h2-3,6-10,15,17H,4-5H2,1H3. The highest BCUT2D eigenvalue weighted by Crippen LogP contribution is 2.44. The Balaban J connectivity index is 1.82. The Bertz CT molecular complexity index is 551. The third kappa shape index (κ3) is 2.88. The van der Waals surface area contributed by atoms with E-state index in [2.05, 4.69) is 22.8 Å². The molecule has 0 radical (unpaired) electrons. The molecule has 1 aliphatic carbocycles. The predicted molar refractivity (Wildman–Crippen MR) is 81.4 cm³/mol. The lowest BCUT2D eigenvalue weighted by Gasteiger charge is -2.19. The van der Waals surface area contributed by atoms with Crippen molar-refractivity contribution in [1.82, 2.24) is 0 Å². The van der Waals surface area contributed by atoms with Crippen molar-refractivity contribution >= 4 is 28.6 Å². The van der Waals surface area contributed by atoms with Gasteiger partial charge in [0.15, 0.2) is 0 Å². The Morgan fingerprint density at radius 2 is 2.21 bits per heavy atom. The summed E-state index contributed by atoms with van der Waals surface area (Å²) >= 11 is 7.87. The molecule has 1 aromatic carbocycles. The van der Waals surface area contributed by atoms with Gasteiger partial charge in [0.2, 0.25) is 0 Å². The van der Waals surface area contributed by atoms with E-state index >= 15 is 0 Å².